The fourth-order valence-electron chi connectivity index (χ4n) is 3.36. The molecule has 1 amide bonds. The standard InChI is InChI=1S/C16H26N4O4S/c1-2-15(17-5-3-4-6-17)16(21)18-7-9-19(10-8-18)25(22,23)20-11-13-24-14-12-20/h3-6,15H,2,7-14H2,1H3/t15-/m0/s1. The lowest BCUT2D eigenvalue weighted by molar-refractivity contribution is -0.136. The summed E-state index contributed by atoms with van der Waals surface area (Å²) in [6.07, 6.45) is 4.50. The molecule has 2 saturated heterocycles. The normalized spacial score (nSPS) is 22.0. The molecule has 0 bridgehead atoms. The van der Waals surface area contributed by atoms with Gasteiger partial charge in [0.2, 0.25) is 5.91 Å². The van der Waals surface area contributed by atoms with E-state index in [1.807, 2.05) is 36.0 Å². The third-order valence-corrected chi connectivity index (χ3v) is 6.87. The summed E-state index contributed by atoms with van der Waals surface area (Å²) >= 11 is 0. The van der Waals surface area contributed by atoms with Gasteiger partial charge in [0.15, 0.2) is 0 Å². The van der Waals surface area contributed by atoms with Gasteiger partial charge < -0.3 is 14.2 Å². The highest BCUT2D eigenvalue weighted by Gasteiger charge is 2.35. The molecule has 1 aromatic rings. The van der Waals surface area contributed by atoms with Gasteiger partial charge in [-0.3, -0.25) is 4.79 Å². The molecule has 0 aliphatic carbocycles. The minimum absolute atomic E-state index is 0.0575. The summed E-state index contributed by atoms with van der Waals surface area (Å²) in [5.74, 6) is 0.0575. The molecule has 0 radical (unpaired) electrons. The highest BCUT2D eigenvalue weighted by atomic mass is 32.2. The van der Waals surface area contributed by atoms with Crippen LogP contribution >= 0.6 is 0 Å². The molecule has 1 aromatic heterocycles. The van der Waals surface area contributed by atoms with Crippen LogP contribution in [0.5, 0.6) is 0 Å². The van der Waals surface area contributed by atoms with Crippen molar-refractivity contribution < 1.29 is 17.9 Å². The summed E-state index contributed by atoms with van der Waals surface area (Å²) in [6.45, 7) is 5.20. The van der Waals surface area contributed by atoms with Crippen molar-refractivity contribution in [2.24, 2.45) is 0 Å². The van der Waals surface area contributed by atoms with Gasteiger partial charge in [-0.15, -0.1) is 0 Å². The van der Waals surface area contributed by atoms with E-state index in [0.29, 0.717) is 58.9 Å². The Bertz CT molecular complexity index is 662. The molecule has 2 fully saturated rings. The molecular formula is C16H26N4O4S. The van der Waals surface area contributed by atoms with Crippen LogP contribution in [0.3, 0.4) is 0 Å². The number of hydrogen-bond acceptors (Lipinski definition) is 4. The average Bonchev–Trinajstić information content (AvgIpc) is 3.17. The van der Waals surface area contributed by atoms with Crippen LogP contribution in [0.2, 0.25) is 0 Å². The Kier molecular flexibility index (Phi) is 5.78. The van der Waals surface area contributed by atoms with Crippen LogP contribution in [0, 0.1) is 0 Å². The Morgan fingerprint density at radius 2 is 1.56 bits per heavy atom. The Labute approximate surface area is 149 Å². The van der Waals surface area contributed by atoms with E-state index in [9.17, 15) is 13.2 Å². The maximum Gasteiger partial charge on any atom is 0.282 e. The molecule has 0 unspecified atom stereocenters. The van der Waals surface area contributed by atoms with Gasteiger partial charge in [-0.1, -0.05) is 6.92 Å². The van der Waals surface area contributed by atoms with Crippen molar-refractivity contribution >= 4 is 16.1 Å². The smallest absolute Gasteiger partial charge is 0.282 e. The van der Waals surface area contributed by atoms with E-state index in [0.717, 1.165) is 0 Å². The van der Waals surface area contributed by atoms with E-state index in [4.69, 9.17) is 4.74 Å². The van der Waals surface area contributed by atoms with Crippen LogP contribution in [0.1, 0.15) is 19.4 Å². The molecule has 2 aliphatic heterocycles. The second-order valence-electron chi connectivity index (χ2n) is 6.30. The second kappa shape index (κ2) is 7.86. The number of nitrogens with zero attached hydrogens (tertiary/aromatic N) is 4. The molecule has 8 nitrogen and oxygen atoms in total. The number of hydrogen-bond donors (Lipinski definition) is 0. The van der Waals surface area contributed by atoms with Gasteiger partial charge in [0, 0.05) is 51.7 Å². The van der Waals surface area contributed by atoms with Gasteiger partial charge >= 0.3 is 0 Å². The second-order valence-corrected chi connectivity index (χ2v) is 8.23. The van der Waals surface area contributed by atoms with Gasteiger partial charge in [-0.25, -0.2) is 0 Å². The first-order chi connectivity index (χ1) is 12.0. The lowest BCUT2D eigenvalue weighted by atomic mass is 10.2. The summed E-state index contributed by atoms with van der Waals surface area (Å²) < 4.78 is 35.5. The number of morpholine rings is 1. The Hall–Kier alpha value is -1.42. The van der Waals surface area contributed by atoms with Crippen molar-refractivity contribution in [2.45, 2.75) is 19.4 Å². The lowest BCUT2D eigenvalue weighted by Gasteiger charge is -2.38. The molecule has 0 N–H and O–H groups in total. The number of piperazine rings is 1. The summed E-state index contributed by atoms with van der Waals surface area (Å²) in [5.41, 5.74) is 0. The van der Waals surface area contributed by atoms with Gasteiger partial charge in [0.25, 0.3) is 10.2 Å². The Morgan fingerprint density at radius 1 is 1.00 bits per heavy atom. The van der Waals surface area contributed by atoms with Crippen molar-refractivity contribution in [3.8, 4) is 0 Å². The van der Waals surface area contributed by atoms with Crippen LogP contribution < -0.4 is 0 Å². The minimum Gasteiger partial charge on any atom is -0.379 e. The SMILES string of the molecule is CC[C@@H](C(=O)N1CCN(S(=O)(=O)N2CCOCC2)CC1)n1cccc1. The zero-order valence-electron chi connectivity index (χ0n) is 14.6. The summed E-state index contributed by atoms with van der Waals surface area (Å²) in [7, 11) is -3.46. The third-order valence-electron chi connectivity index (χ3n) is 4.83. The fourth-order valence-corrected chi connectivity index (χ4v) is 4.92. The lowest BCUT2D eigenvalue weighted by Crippen LogP contribution is -2.56. The maximum absolute atomic E-state index is 12.8. The van der Waals surface area contributed by atoms with Crippen LogP contribution in [0.15, 0.2) is 24.5 Å². The fraction of sp³-hybridized carbons (Fsp3) is 0.688. The van der Waals surface area contributed by atoms with Gasteiger partial charge in [0.1, 0.15) is 6.04 Å². The molecule has 25 heavy (non-hydrogen) atoms. The molecule has 3 rings (SSSR count). The zero-order chi connectivity index (χ0) is 17.9. The van der Waals surface area contributed by atoms with Gasteiger partial charge in [-0.2, -0.15) is 17.0 Å². The maximum atomic E-state index is 12.8. The summed E-state index contributed by atoms with van der Waals surface area (Å²) in [5, 5.41) is 0. The van der Waals surface area contributed by atoms with Crippen molar-refractivity contribution in [1.82, 2.24) is 18.1 Å². The van der Waals surface area contributed by atoms with E-state index >= 15 is 0 Å². The van der Waals surface area contributed by atoms with Gasteiger partial charge in [0.05, 0.1) is 13.2 Å². The first-order valence-electron chi connectivity index (χ1n) is 8.78. The minimum atomic E-state index is -3.46. The quantitative estimate of drug-likeness (QED) is 0.740. The number of amides is 1. The average molecular weight is 370 g/mol. The van der Waals surface area contributed by atoms with Crippen LogP contribution in [-0.4, -0.2) is 84.9 Å². The van der Waals surface area contributed by atoms with E-state index in [1.54, 1.807) is 4.90 Å². The van der Waals surface area contributed by atoms with Crippen molar-refractivity contribution in [3.63, 3.8) is 0 Å². The molecule has 0 spiro atoms. The predicted molar refractivity (Wildman–Crippen MR) is 93.2 cm³/mol. The van der Waals surface area contributed by atoms with E-state index in [-0.39, 0.29) is 11.9 Å². The molecule has 2 aliphatic rings. The van der Waals surface area contributed by atoms with Crippen molar-refractivity contribution in [1.29, 1.82) is 0 Å². The molecule has 1 atom stereocenters. The number of rotatable bonds is 5. The molecule has 9 heteroatoms. The van der Waals surface area contributed by atoms with Crippen LogP contribution in [0.4, 0.5) is 0 Å². The van der Waals surface area contributed by atoms with E-state index < -0.39 is 10.2 Å². The topological polar surface area (TPSA) is 75.1 Å². The molecule has 140 valence electrons. The molecule has 3 heterocycles. The van der Waals surface area contributed by atoms with E-state index in [2.05, 4.69) is 0 Å². The third kappa shape index (κ3) is 3.89. The Balaban J connectivity index is 1.60. The highest BCUT2D eigenvalue weighted by Crippen LogP contribution is 2.19. The van der Waals surface area contributed by atoms with Gasteiger partial charge in [-0.05, 0) is 18.6 Å². The predicted octanol–water partition coefficient (Wildman–Crippen LogP) is 0.160. The number of carbonyl (C=O) groups excluding carboxylic acids is 1. The monoisotopic (exact) mass is 370 g/mol. The zero-order valence-corrected chi connectivity index (χ0v) is 15.4. The van der Waals surface area contributed by atoms with Crippen LogP contribution in [-0.2, 0) is 19.7 Å². The number of ether oxygens (including phenoxy) is 1. The number of aromatic nitrogens is 1. The van der Waals surface area contributed by atoms with Crippen LogP contribution in [0.25, 0.3) is 0 Å². The molecule has 0 aromatic carbocycles. The van der Waals surface area contributed by atoms with Crippen molar-refractivity contribution in [3.05, 3.63) is 24.5 Å². The number of carbonyl (C=O) groups is 1. The first-order valence-corrected chi connectivity index (χ1v) is 10.2. The molecule has 0 saturated carbocycles. The summed E-state index contributed by atoms with van der Waals surface area (Å²) in [4.78, 5) is 14.6. The largest absolute Gasteiger partial charge is 0.379 e. The first kappa shape index (κ1) is 18.4. The molecular weight excluding hydrogens is 344 g/mol. The van der Waals surface area contributed by atoms with Crippen molar-refractivity contribution in [2.75, 3.05) is 52.5 Å². The van der Waals surface area contributed by atoms with E-state index in [1.165, 1.54) is 8.61 Å². The highest BCUT2D eigenvalue weighted by molar-refractivity contribution is 7.86. The Morgan fingerprint density at radius 3 is 2.12 bits per heavy atom. The summed E-state index contributed by atoms with van der Waals surface area (Å²) in [6, 6.07) is 3.59.